The lowest BCUT2D eigenvalue weighted by atomic mass is 9.93. The van der Waals surface area contributed by atoms with Crippen molar-refractivity contribution in [2.75, 3.05) is 14.2 Å². The molecule has 0 aliphatic heterocycles. The highest BCUT2D eigenvalue weighted by Gasteiger charge is 2.13. The molecule has 0 saturated heterocycles. The fourth-order valence-electron chi connectivity index (χ4n) is 3.10. The molecule has 2 nitrogen and oxygen atoms in total. The largest absolute Gasteiger partial charge is 0.496 e. The van der Waals surface area contributed by atoms with Gasteiger partial charge in [-0.1, -0.05) is 24.3 Å². The Kier molecular flexibility index (Phi) is 2.27. The highest BCUT2D eigenvalue weighted by molar-refractivity contribution is 6.25. The zero-order chi connectivity index (χ0) is 13.7. The van der Waals surface area contributed by atoms with Crippen LogP contribution in [0.25, 0.3) is 32.3 Å². The van der Waals surface area contributed by atoms with E-state index in [4.69, 9.17) is 9.47 Å². The minimum absolute atomic E-state index is 0.912. The summed E-state index contributed by atoms with van der Waals surface area (Å²) in [6.07, 6.45) is 0. The molecule has 0 unspecified atom stereocenters. The summed E-state index contributed by atoms with van der Waals surface area (Å²) in [7, 11) is 3.43. The van der Waals surface area contributed by atoms with E-state index in [1.807, 2.05) is 12.1 Å². The molecule has 0 aromatic heterocycles. The molecule has 0 atom stereocenters. The topological polar surface area (TPSA) is 18.5 Å². The molecule has 0 heterocycles. The Bertz CT molecular complexity index is 848. The molecule has 0 N–H and O–H groups in total. The lowest BCUT2D eigenvalue weighted by Crippen LogP contribution is -1.90. The standard InChI is InChI=1S/C18H14O2/c1-19-15-9-5-11-3-4-12-6-10-16(20-2)14-8-7-13(15)17(11)18(12)14/h3-10H,1-2H3. The summed E-state index contributed by atoms with van der Waals surface area (Å²) in [6.45, 7) is 0. The van der Waals surface area contributed by atoms with Crippen molar-refractivity contribution in [1.29, 1.82) is 0 Å². The van der Waals surface area contributed by atoms with E-state index in [0.717, 1.165) is 22.3 Å². The first-order valence-corrected chi connectivity index (χ1v) is 6.62. The van der Waals surface area contributed by atoms with Gasteiger partial charge in [0.25, 0.3) is 0 Å². The summed E-state index contributed by atoms with van der Waals surface area (Å²) in [6, 6.07) is 16.8. The van der Waals surface area contributed by atoms with Crippen molar-refractivity contribution in [3.63, 3.8) is 0 Å². The Morgan fingerprint density at radius 1 is 0.550 bits per heavy atom. The van der Waals surface area contributed by atoms with E-state index < -0.39 is 0 Å². The van der Waals surface area contributed by atoms with Crippen molar-refractivity contribution >= 4 is 32.3 Å². The zero-order valence-corrected chi connectivity index (χ0v) is 11.4. The Balaban J connectivity index is 2.33. The van der Waals surface area contributed by atoms with Crippen LogP contribution in [0.4, 0.5) is 0 Å². The second-order valence-corrected chi connectivity index (χ2v) is 4.96. The van der Waals surface area contributed by atoms with Crippen molar-refractivity contribution in [2.24, 2.45) is 0 Å². The highest BCUT2D eigenvalue weighted by atomic mass is 16.5. The lowest BCUT2D eigenvalue weighted by Gasteiger charge is -2.14. The van der Waals surface area contributed by atoms with Gasteiger partial charge in [0, 0.05) is 21.5 Å². The van der Waals surface area contributed by atoms with Gasteiger partial charge in [-0.25, -0.2) is 0 Å². The summed E-state index contributed by atoms with van der Waals surface area (Å²) in [5, 5.41) is 7.25. The van der Waals surface area contributed by atoms with Crippen molar-refractivity contribution in [3.8, 4) is 11.5 Å². The van der Waals surface area contributed by atoms with Crippen LogP contribution in [0, 0.1) is 0 Å². The molecule has 0 aliphatic rings. The predicted molar refractivity (Wildman–Crippen MR) is 83.3 cm³/mol. The van der Waals surface area contributed by atoms with E-state index in [9.17, 15) is 0 Å². The minimum atomic E-state index is 0.912. The molecule has 20 heavy (non-hydrogen) atoms. The van der Waals surface area contributed by atoms with E-state index in [-0.39, 0.29) is 0 Å². The number of hydrogen-bond acceptors (Lipinski definition) is 2. The monoisotopic (exact) mass is 262 g/mol. The summed E-state index contributed by atoms with van der Waals surface area (Å²) in [4.78, 5) is 0. The number of benzene rings is 4. The van der Waals surface area contributed by atoms with Crippen LogP contribution in [0.5, 0.6) is 11.5 Å². The number of methoxy groups -OCH3 is 2. The maximum absolute atomic E-state index is 5.50. The first-order valence-electron chi connectivity index (χ1n) is 6.62. The molecular weight excluding hydrogens is 248 g/mol. The first-order chi connectivity index (χ1) is 9.83. The third-order valence-electron chi connectivity index (χ3n) is 4.02. The first kappa shape index (κ1) is 11.4. The van der Waals surface area contributed by atoms with Crippen LogP contribution in [0.3, 0.4) is 0 Å². The van der Waals surface area contributed by atoms with Crippen LogP contribution in [0.15, 0.2) is 48.5 Å². The zero-order valence-electron chi connectivity index (χ0n) is 11.4. The van der Waals surface area contributed by atoms with Gasteiger partial charge in [0.15, 0.2) is 0 Å². The summed E-state index contributed by atoms with van der Waals surface area (Å²) < 4.78 is 11.0. The van der Waals surface area contributed by atoms with E-state index in [1.165, 1.54) is 21.5 Å². The molecule has 98 valence electrons. The maximum Gasteiger partial charge on any atom is 0.126 e. The van der Waals surface area contributed by atoms with Gasteiger partial charge in [0.1, 0.15) is 11.5 Å². The SMILES string of the molecule is COc1ccc2ccc3ccc(OC)c4ccc1c2c34. The maximum atomic E-state index is 5.50. The van der Waals surface area contributed by atoms with Gasteiger partial charge in [0.05, 0.1) is 14.2 Å². The second kappa shape index (κ2) is 4.01. The molecule has 0 fully saturated rings. The normalized spacial score (nSPS) is 11.5. The molecule has 4 rings (SSSR count). The van der Waals surface area contributed by atoms with Crippen LogP contribution in [-0.4, -0.2) is 14.2 Å². The molecular formula is C18H14O2. The van der Waals surface area contributed by atoms with E-state index in [2.05, 4.69) is 36.4 Å². The van der Waals surface area contributed by atoms with Gasteiger partial charge >= 0.3 is 0 Å². The van der Waals surface area contributed by atoms with Crippen LogP contribution in [0.2, 0.25) is 0 Å². The summed E-state index contributed by atoms with van der Waals surface area (Å²) >= 11 is 0. The van der Waals surface area contributed by atoms with Crippen molar-refractivity contribution in [1.82, 2.24) is 0 Å². The minimum Gasteiger partial charge on any atom is -0.496 e. The summed E-state index contributed by atoms with van der Waals surface area (Å²) in [5.74, 6) is 1.82. The second-order valence-electron chi connectivity index (χ2n) is 4.96. The van der Waals surface area contributed by atoms with Crippen LogP contribution in [-0.2, 0) is 0 Å². The molecule has 0 amide bonds. The number of rotatable bonds is 2. The fourth-order valence-corrected chi connectivity index (χ4v) is 3.10. The molecule has 0 spiro atoms. The smallest absolute Gasteiger partial charge is 0.126 e. The molecule has 4 aromatic carbocycles. The quantitative estimate of drug-likeness (QED) is 0.491. The predicted octanol–water partition coefficient (Wildman–Crippen LogP) is 4.60. The third-order valence-corrected chi connectivity index (χ3v) is 4.02. The molecule has 0 aliphatic carbocycles. The molecule has 0 radical (unpaired) electrons. The third kappa shape index (κ3) is 1.33. The van der Waals surface area contributed by atoms with E-state index in [0.29, 0.717) is 0 Å². The Labute approximate surface area is 116 Å². The molecule has 0 bridgehead atoms. The fraction of sp³-hybridized carbons (Fsp3) is 0.111. The Morgan fingerprint density at radius 2 is 0.950 bits per heavy atom. The summed E-state index contributed by atoms with van der Waals surface area (Å²) in [5.41, 5.74) is 0. The lowest BCUT2D eigenvalue weighted by molar-refractivity contribution is 0.419. The highest BCUT2D eigenvalue weighted by Crippen LogP contribution is 2.41. The molecule has 2 heteroatoms. The van der Waals surface area contributed by atoms with E-state index in [1.54, 1.807) is 14.2 Å². The van der Waals surface area contributed by atoms with Crippen molar-refractivity contribution in [2.45, 2.75) is 0 Å². The van der Waals surface area contributed by atoms with Gasteiger partial charge in [0.2, 0.25) is 0 Å². The molecule has 4 aromatic rings. The van der Waals surface area contributed by atoms with E-state index >= 15 is 0 Å². The van der Waals surface area contributed by atoms with Gasteiger partial charge in [-0.3, -0.25) is 0 Å². The van der Waals surface area contributed by atoms with Crippen molar-refractivity contribution in [3.05, 3.63) is 48.5 Å². The van der Waals surface area contributed by atoms with Crippen LogP contribution < -0.4 is 9.47 Å². The van der Waals surface area contributed by atoms with Crippen LogP contribution >= 0.6 is 0 Å². The Morgan fingerprint density at radius 3 is 1.35 bits per heavy atom. The van der Waals surface area contributed by atoms with Gasteiger partial charge in [-0.2, -0.15) is 0 Å². The average molecular weight is 262 g/mol. The van der Waals surface area contributed by atoms with Crippen molar-refractivity contribution < 1.29 is 9.47 Å². The number of hydrogen-bond donors (Lipinski definition) is 0. The Hall–Kier alpha value is -2.48. The van der Waals surface area contributed by atoms with Crippen LogP contribution in [0.1, 0.15) is 0 Å². The van der Waals surface area contributed by atoms with Gasteiger partial charge in [-0.15, -0.1) is 0 Å². The van der Waals surface area contributed by atoms with Gasteiger partial charge < -0.3 is 9.47 Å². The molecule has 0 saturated carbocycles. The average Bonchev–Trinajstić information content (AvgIpc) is 2.52. The van der Waals surface area contributed by atoms with Gasteiger partial charge in [-0.05, 0) is 35.0 Å². The number of ether oxygens (including phenoxy) is 2.